The van der Waals surface area contributed by atoms with E-state index in [2.05, 4.69) is 15.9 Å². The van der Waals surface area contributed by atoms with Crippen molar-refractivity contribution in [2.75, 3.05) is 6.61 Å². The topological polar surface area (TPSA) is 59.3 Å². The molecule has 0 spiro atoms. The Hall–Kier alpha value is -2.10. The van der Waals surface area contributed by atoms with Crippen molar-refractivity contribution >= 4 is 39.3 Å². The molecular formula is C16H12BrNO3S. The Morgan fingerprint density at radius 1 is 1.36 bits per heavy atom. The molecule has 0 fully saturated rings. The lowest BCUT2D eigenvalue weighted by molar-refractivity contribution is -0.129. The lowest BCUT2D eigenvalue weighted by Gasteiger charge is -2.09. The van der Waals surface area contributed by atoms with E-state index in [0.29, 0.717) is 23.7 Å². The summed E-state index contributed by atoms with van der Waals surface area (Å²) in [5, 5.41) is 8.89. The van der Waals surface area contributed by atoms with Gasteiger partial charge >= 0.3 is 5.97 Å². The number of nitrogens with zero attached hydrogens (tertiary/aromatic N) is 1. The summed E-state index contributed by atoms with van der Waals surface area (Å²) in [6.07, 6.45) is 3.04. The lowest BCUT2D eigenvalue weighted by atomic mass is 10.2. The number of nitriles is 1. The van der Waals surface area contributed by atoms with Crippen molar-refractivity contribution < 1.29 is 14.3 Å². The number of rotatable bonds is 5. The van der Waals surface area contributed by atoms with Crippen LogP contribution in [0.2, 0.25) is 0 Å². The molecule has 2 rings (SSSR count). The van der Waals surface area contributed by atoms with Gasteiger partial charge in [-0.2, -0.15) is 5.26 Å². The summed E-state index contributed by atoms with van der Waals surface area (Å²) in [4.78, 5) is 12.8. The second-order valence-electron chi connectivity index (χ2n) is 4.10. The van der Waals surface area contributed by atoms with Crippen molar-refractivity contribution in [3.05, 3.63) is 50.6 Å². The highest BCUT2D eigenvalue weighted by atomic mass is 79.9. The number of ether oxygens (including phenoxy) is 2. The number of hydrogen-bond donors (Lipinski definition) is 0. The zero-order valence-electron chi connectivity index (χ0n) is 11.7. The first kappa shape index (κ1) is 16.3. The molecule has 4 nitrogen and oxygen atoms in total. The van der Waals surface area contributed by atoms with Gasteiger partial charge in [-0.3, -0.25) is 0 Å². The molecule has 0 aliphatic carbocycles. The van der Waals surface area contributed by atoms with E-state index >= 15 is 0 Å². The molecule has 1 heterocycles. The zero-order chi connectivity index (χ0) is 15.9. The first-order valence-corrected chi connectivity index (χ1v) is 8.05. The van der Waals surface area contributed by atoms with Crippen LogP contribution >= 0.6 is 27.3 Å². The fourth-order valence-corrected chi connectivity index (χ4v) is 2.97. The van der Waals surface area contributed by atoms with Crippen molar-refractivity contribution in [3.8, 4) is 17.6 Å². The Morgan fingerprint density at radius 2 is 2.18 bits per heavy atom. The number of thiophene rings is 1. The van der Waals surface area contributed by atoms with Gasteiger partial charge in [0, 0.05) is 17.0 Å². The van der Waals surface area contributed by atoms with Gasteiger partial charge < -0.3 is 9.47 Å². The molecule has 2 aromatic rings. The first-order valence-electron chi connectivity index (χ1n) is 6.44. The Morgan fingerprint density at radius 3 is 2.82 bits per heavy atom. The van der Waals surface area contributed by atoms with Crippen LogP contribution in [0.1, 0.15) is 17.4 Å². The number of hydrogen-bond acceptors (Lipinski definition) is 5. The van der Waals surface area contributed by atoms with Crippen molar-refractivity contribution in [3.63, 3.8) is 0 Å². The van der Waals surface area contributed by atoms with E-state index in [0.717, 1.165) is 8.66 Å². The second-order valence-corrected chi connectivity index (χ2v) is 6.60. The summed E-state index contributed by atoms with van der Waals surface area (Å²) >= 11 is 4.87. The third kappa shape index (κ3) is 4.45. The largest absolute Gasteiger partial charge is 0.490 e. The number of benzene rings is 1. The van der Waals surface area contributed by atoms with Gasteiger partial charge in [0.15, 0.2) is 11.5 Å². The molecule has 0 aliphatic heterocycles. The van der Waals surface area contributed by atoms with Gasteiger partial charge in [-0.1, -0.05) is 0 Å². The minimum atomic E-state index is -0.504. The summed E-state index contributed by atoms with van der Waals surface area (Å²) in [5.74, 6) is 0.167. The van der Waals surface area contributed by atoms with Gasteiger partial charge in [-0.05, 0) is 53.2 Å². The second kappa shape index (κ2) is 7.78. The first-order chi connectivity index (χ1) is 10.6. The van der Waals surface area contributed by atoms with Gasteiger partial charge in [0.05, 0.1) is 22.0 Å². The fourth-order valence-electron chi connectivity index (χ4n) is 1.64. The predicted molar refractivity (Wildman–Crippen MR) is 89.0 cm³/mol. The average Bonchev–Trinajstić information content (AvgIpc) is 2.93. The third-order valence-electron chi connectivity index (χ3n) is 2.56. The Balaban J connectivity index is 2.10. The molecule has 0 amide bonds. The van der Waals surface area contributed by atoms with E-state index < -0.39 is 5.97 Å². The summed E-state index contributed by atoms with van der Waals surface area (Å²) in [5.41, 5.74) is 0.447. The van der Waals surface area contributed by atoms with Crippen LogP contribution in [0, 0.1) is 11.3 Å². The van der Waals surface area contributed by atoms with Gasteiger partial charge in [-0.15, -0.1) is 11.3 Å². The monoisotopic (exact) mass is 377 g/mol. The molecule has 22 heavy (non-hydrogen) atoms. The van der Waals surface area contributed by atoms with E-state index in [1.54, 1.807) is 24.3 Å². The van der Waals surface area contributed by atoms with E-state index in [4.69, 9.17) is 14.7 Å². The van der Waals surface area contributed by atoms with Crippen LogP contribution in [0.15, 0.2) is 40.2 Å². The van der Waals surface area contributed by atoms with Gasteiger partial charge in [0.2, 0.25) is 0 Å². The Kier molecular flexibility index (Phi) is 5.75. The maximum Gasteiger partial charge on any atom is 0.336 e. The number of esters is 1. The number of carbonyl (C=O) groups excluding carboxylic acids is 1. The SMILES string of the molecule is CCOc1cc(C#N)ccc1OC(=O)/C=C/c1ccc(Br)s1. The highest BCUT2D eigenvalue weighted by Crippen LogP contribution is 2.29. The summed E-state index contributed by atoms with van der Waals surface area (Å²) in [7, 11) is 0. The van der Waals surface area contributed by atoms with Crippen LogP contribution in [-0.4, -0.2) is 12.6 Å². The maximum atomic E-state index is 11.9. The molecule has 0 aliphatic rings. The van der Waals surface area contributed by atoms with Crippen LogP contribution in [0.5, 0.6) is 11.5 Å². The fraction of sp³-hybridized carbons (Fsp3) is 0.125. The van der Waals surface area contributed by atoms with Crippen molar-refractivity contribution in [1.29, 1.82) is 5.26 Å². The van der Waals surface area contributed by atoms with E-state index in [1.807, 2.05) is 25.1 Å². The Bertz CT molecular complexity index is 746. The van der Waals surface area contributed by atoms with Crippen molar-refractivity contribution in [2.45, 2.75) is 6.92 Å². The molecule has 112 valence electrons. The molecule has 0 saturated heterocycles. The lowest BCUT2D eigenvalue weighted by Crippen LogP contribution is -2.06. The molecule has 0 N–H and O–H groups in total. The van der Waals surface area contributed by atoms with E-state index in [-0.39, 0.29) is 0 Å². The van der Waals surface area contributed by atoms with Crippen molar-refractivity contribution in [2.24, 2.45) is 0 Å². The summed E-state index contributed by atoms with van der Waals surface area (Å²) in [6, 6.07) is 10.5. The molecule has 0 unspecified atom stereocenters. The molecule has 0 bridgehead atoms. The maximum absolute atomic E-state index is 11.9. The summed E-state index contributed by atoms with van der Waals surface area (Å²) in [6.45, 7) is 2.23. The molecule has 0 atom stereocenters. The normalized spacial score (nSPS) is 10.4. The highest BCUT2D eigenvalue weighted by molar-refractivity contribution is 9.11. The van der Waals surface area contributed by atoms with Crippen LogP contribution < -0.4 is 9.47 Å². The van der Waals surface area contributed by atoms with Crippen LogP contribution in [0.4, 0.5) is 0 Å². The predicted octanol–water partition coefficient (Wildman–Crippen LogP) is 4.40. The average molecular weight is 378 g/mol. The standard InChI is InChI=1S/C16H12BrNO3S/c1-2-20-14-9-11(10-18)3-6-13(14)21-16(19)8-5-12-4-7-15(17)22-12/h3-9H,2H2,1H3/b8-5+. The van der Waals surface area contributed by atoms with Gasteiger partial charge in [0.1, 0.15) is 0 Å². The molecule has 0 radical (unpaired) electrons. The number of carbonyl (C=O) groups is 1. The minimum Gasteiger partial charge on any atom is -0.490 e. The molecule has 6 heteroatoms. The van der Waals surface area contributed by atoms with Gasteiger partial charge in [0.25, 0.3) is 0 Å². The Labute approximate surface area is 140 Å². The quantitative estimate of drug-likeness (QED) is 0.440. The number of halogens is 1. The summed E-state index contributed by atoms with van der Waals surface area (Å²) < 4.78 is 11.6. The van der Waals surface area contributed by atoms with Crippen molar-refractivity contribution in [1.82, 2.24) is 0 Å². The third-order valence-corrected chi connectivity index (χ3v) is 4.15. The minimum absolute atomic E-state index is 0.294. The van der Waals surface area contributed by atoms with E-state index in [1.165, 1.54) is 17.4 Å². The molecule has 1 aromatic heterocycles. The van der Waals surface area contributed by atoms with Gasteiger partial charge in [-0.25, -0.2) is 4.79 Å². The molecular weight excluding hydrogens is 366 g/mol. The highest BCUT2D eigenvalue weighted by Gasteiger charge is 2.09. The van der Waals surface area contributed by atoms with E-state index in [9.17, 15) is 4.79 Å². The zero-order valence-corrected chi connectivity index (χ0v) is 14.1. The molecule has 1 aromatic carbocycles. The van der Waals surface area contributed by atoms with Crippen LogP contribution in [-0.2, 0) is 4.79 Å². The smallest absolute Gasteiger partial charge is 0.336 e. The molecule has 0 saturated carbocycles. The van der Waals surface area contributed by atoms with Crippen LogP contribution in [0.25, 0.3) is 6.08 Å². The van der Waals surface area contributed by atoms with Crippen LogP contribution in [0.3, 0.4) is 0 Å².